The topological polar surface area (TPSA) is 58.7 Å². The molecule has 2 aromatic rings. The molecule has 0 N–H and O–H groups in total. The molecule has 1 heterocycles. The summed E-state index contributed by atoms with van der Waals surface area (Å²) in [4.78, 5) is 12.3. The minimum Gasteiger partial charge on any atom is -0.294 e. The SMILES string of the molecule is CC1(C)CC(=O)c2c(C(F)F)nn(-c3c[c-]c(C#N)cc3)c2C1.[Cr]. The number of halogens is 2. The van der Waals surface area contributed by atoms with Crippen LogP contribution in [0.2, 0.25) is 0 Å². The van der Waals surface area contributed by atoms with Gasteiger partial charge in [0.05, 0.1) is 5.56 Å². The Morgan fingerprint density at radius 2 is 2.08 bits per heavy atom. The molecule has 124 valence electrons. The van der Waals surface area contributed by atoms with Gasteiger partial charge in [-0.2, -0.15) is 5.10 Å². The normalized spacial score (nSPS) is 15.6. The summed E-state index contributed by atoms with van der Waals surface area (Å²) in [5, 5.41) is 12.8. The fourth-order valence-electron chi connectivity index (χ4n) is 2.96. The van der Waals surface area contributed by atoms with Crippen molar-refractivity contribution in [2.45, 2.75) is 33.1 Å². The van der Waals surface area contributed by atoms with E-state index in [0.29, 0.717) is 23.4 Å². The number of aromatic nitrogens is 2. The number of hydrogen-bond donors (Lipinski definition) is 0. The maximum Gasteiger partial charge on any atom is 0.282 e. The molecule has 24 heavy (non-hydrogen) atoms. The fraction of sp³-hybridized carbons (Fsp3) is 0.353. The van der Waals surface area contributed by atoms with Crippen LogP contribution in [0.4, 0.5) is 8.78 Å². The van der Waals surface area contributed by atoms with E-state index in [2.05, 4.69) is 11.2 Å². The van der Waals surface area contributed by atoms with Crippen molar-refractivity contribution in [2.75, 3.05) is 0 Å². The van der Waals surface area contributed by atoms with E-state index in [-0.39, 0.29) is 40.5 Å². The van der Waals surface area contributed by atoms with Gasteiger partial charge < -0.3 is 0 Å². The average molecular weight is 366 g/mol. The third-order valence-electron chi connectivity index (χ3n) is 3.94. The van der Waals surface area contributed by atoms with Crippen LogP contribution in [0.25, 0.3) is 5.69 Å². The molecule has 3 rings (SSSR count). The van der Waals surface area contributed by atoms with Gasteiger partial charge >= 0.3 is 0 Å². The van der Waals surface area contributed by atoms with Crippen LogP contribution in [-0.2, 0) is 23.8 Å². The largest absolute Gasteiger partial charge is 0.294 e. The number of ketones is 1. The molecule has 0 unspecified atom stereocenters. The first-order valence-electron chi connectivity index (χ1n) is 7.18. The molecule has 0 bridgehead atoms. The van der Waals surface area contributed by atoms with E-state index in [9.17, 15) is 13.6 Å². The number of benzene rings is 1. The molecule has 7 heteroatoms. The zero-order valence-electron chi connectivity index (χ0n) is 13.1. The van der Waals surface area contributed by atoms with Crippen molar-refractivity contribution in [1.82, 2.24) is 9.78 Å². The minimum absolute atomic E-state index is 0. The van der Waals surface area contributed by atoms with Crippen molar-refractivity contribution < 1.29 is 30.9 Å². The van der Waals surface area contributed by atoms with Crippen LogP contribution in [0.1, 0.15) is 54.0 Å². The number of carbonyl (C=O) groups excluding carboxylic acids is 1. The van der Waals surface area contributed by atoms with Gasteiger partial charge in [0.25, 0.3) is 6.43 Å². The molecule has 0 spiro atoms. The van der Waals surface area contributed by atoms with Crippen LogP contribution in [-0.4, -0.2) is 15.6 Å². The van der Waals surface area contributed by atoms with E-state index < -0.39 is 12.1 Å². The van der Waals surface area contributed by atoms with E-state index in [0.717, 1.165) is 0 Å². The molecule has 0 radical (unpaired) electrons. The summed E-state index contributed by atoms with van der Waals surface area (Å²) in [5.74, 6) is -0.296. The molecule has 0 fully saturated rings. The Labute approximate surface area is 149 Å². The summed E-state index contributed by atoms with van der Waals surface area (Å²) in [6.45, 7) is 3.86. The number of hydrogen-bond acceptors (Lipinski definition) is 3. The average Bonchev–Trinajstić information content (AvgIpc) is 2.85. The maximum atomic E-state index is 13.3. The molecule has 0 atom stereocenters. The van der Waals surface area contributed by atoms with Crippen molar-refractivity contribution in [1.29, 1.82) is 5.26 Å². The Kier molecular flexibility index (Phi) is 4.94. The molecule has 1 aromatic heterocycles. The predicted octanol–water partition coefficient (Wildman–Crippen LogP) is 3.63. The molecule has 1 aliphatic rings. The van der Waals surface area contributed by atoms with Gasteiger partial charge in [0, 0.05) is 29.5 Å². The van der Waals surface area contributed by atoms with Crippen molar-refractivity contribution in [2.24, 2.45) is 5.41 Å². The summed E-state index contributed by atoms with van der Waals surface area (Å²) in [6, 6.07) is 9.40. The first kappa shape index (κ1) is 18.3. The molecule has 0 amide bonds. The van der Waals surface area contributed by atoms with Gasteiger partial charge in [-0.05, 0) is 23.6 Å². The molecule has 0 saturated carbocycles. The van der Waals surface area contributed by atoms with Crippen LogP contribution in [0.15, 0.2) is 18.2 Å². The van der Waals surface area contributed by atoms with Crippen LogP contribution in [0.5, 0.6) is 0 Å². The second-order valence-corrected chi connectivity index (χ2v) is 6.43. The smallest absolute Gasteiger partial charge is 0.282 e. The third kappa shape index (κ3) is 3.13. The first-order chi connectivity index (χ1) is 10.8. The van der Waals surface area contributed by atoms with Crippen LogP contribution < -0.4 is 0 Å². The molecule has 4 nitrogen and oxygen atoms in total. The third-order valence-corrected chi connectivity index (χ3v) is 3.94. The Hall–Kier alpha value is -2.02. The summed E-state index contributed by atoms with van der Waals surface area (Å²) in [6.07, 6.45) is -2.10. The predicted molar refractivity (Wildman–Crippen MR) is 78.5 cm³/mol. The summed E-state index contributed by atoms with van der Waals surface area (Å²) in [7, 11) is 0. The Bertz CT molecular complexity index is 820. The number of carbonyl (C=O) groups is 1. The summed E-state index contributed by atoms with van der Waals surface area (Å²) in [5.41, 5.74) is 0.628. The van der Waals surface area contributed by atoms with Crippen LogP contribution in [0, 0.1) is 22.8 Å². The standard InChI is InChI=1S/C17H14F2N3O.Cr/c1-17(2)7-12-14(13(23)8-17)15(16(18)19)21-22(12)11-5-3-10(9-20)4-6-11;/h3,5-6,16H,7-8H2,1-2H3;/q-1;. The second kappa shape index (κ2) is 6.47. The van der Waals surface area contributed by atoms with Crippen molar-refractivity contribution in [3.63, 3.8) is 0 Å². The second-order valence-electron chi connectivity index (χ2n) is 6.43. The van der Waals surface area contributed by atoms with Gasteiger partial charge in [-0.3, -0.25) is 14.7 Å². The zero-order chi connectivity index (χ0) is 16.8. The van der Waals surface area contributed by atoms with Gasteiger partial charge in [-0.15, -0.1) is 24.3 Å². The summed E-state index contributed by atoms with van der Waals surface area (Å²) >= 11 is 0. The first-order valence-corrected chi connectivity index (χ1v) is 7.18. The number of rotatable bonds is 2. The molecular formula is C17H14CrF2N3O-. The number of alkyl halides is 2. The zero-order valence-corrected chi connectivity index (χ0v) is 14.4. The van der Waals surface area contributed by atoms with E-state index in [1.54, 1.807) is 12.1 Å². The van der Waals surface area contributed by atoms with Crippen molar-refractivity contribution in [3.8, 4) is 11.8 Å². The number of nitrogens with zero attached hydrogens (tertiary/aromatic N) is 3. The van der Waals surface area contributed by atoms with E-state index >= 15 is 0 Å². The Morgan fingerprint density at radius 3 is 2.62 bits per heavy atom. The molecule has 1 aromatic carbocycles. The van der Waals surface area contributed by atoms with Gasteiger partial charge in [0.1, 0.15) is 5.69 Å². The van der Waals surface area contributed by atoms with E-state index in [1.807, 2.05) is 19.9 Å². The van der Waals surface area contributed by atoms with E-state index in [4.69, 9.17) is 5.26 Å². The molecule has 0 saturated heterocycles. The molecular weight excluding hydrogens is 352 g/mol. The van der Waals surface area contributed by atoms with Gasteiger partial charge in [0.15, 0.2) is 5.78 Å². The molecule has 0 aliphatic heterocycles. The number of nitriles is 1. The van der Waals surface area contributed by atoms with Crippen LogP contribution in [0.3, 0.4) is 0 Å². The monoisotopic (exact) mass is 366 g/mol. The maximum absolute atomic E-state index is 13.3. The van der Waals surface area contributed by atoms with Crippen LogP contribution >= 0.6 is 0 Å². The van der Waals surface area contributed by atoms with Gasteiger partial charge in [-0.1, -0.05) is 19.4 Å². The fourth-order valence-corrected chi connectivity index (χ4v) is 2.96. The summed E-state index contributed by atoms with van der Waals surface area (Å²) < 4.78 is 28.0. The minimum atomic E-state index is -2.81. The van der Waals surface area contributed by atoms with Crippen molar-refractivity contribution in [3.05, 3.63) is 46.8 Å². The Morgan fingerprint density at radius 1 is 1.38 bits per heavy atom. The quantitative estimate of drug-likeness (QED) is 0.763. The number of fused-ring (bicyclic) bond motifs is 1. The Balaban J connectivity index is 0.00000208. The van der Waals surface area contributed by atoms with Crippen molar-refractivity contribution >= 4 is 5.78 Å². The number of Topliss-reactive ketones (excluding diaryl/α,β-unsaturated/α-hetero) is 1. The molecule has 1 aliphatic carbocycles. The van der Waals surface area contributed by atoms with E-state index in [1.165, 1.54) is 10.7 Å². The van der Waals surface area contributed by atoms with Gasteiger partial charge in [0.2, 0.25) is 0 Å². The van der Waals surface area contributed by atoms with Gasteiger partial charge in [-0.25, -0.2) is 8.78 Å².